The summed E-state index contributed by atoms with van der Waals surface area (Å²) >= 11 is 0. The highest BCUT2D eigenvalue weighted by Crippen LogP contribution is 2.28. The Morgan fingerprint density at radius 2 is 2.27 bits per heavy atom. The lowest BCUT2D eigenvalue weighted by Crippen LogP contribution is -2.24. The van der Waals surface area contributed by atoms with Crippen molar-refractivity contribution >= 4 is 16.7 Å². The van der Waals surface area contributed by atoms with E-state index in [1.54, 1.807) is 6.07 Å². The summed E-state index contributed by atoms with van der Waals surface area (Å²) in [5.74, 6) is -0.579. The van der Waals surface area contributed by atoms with Crippen LogP contribution in [0.1, 0.15) is 10.4 Å². The summed E-state index contributed by atoms with van der Waals surface area (Å²) in [4.78, 5) is 11.9. The number of benzene rings is 1. The summed E-state index contributed by atoms with van der Waals surface area (Å²) in [5.41, 5.74) is 1.64. The Hall–Kier alpha value is -2.08. The van der Waals surface area contributed by atoms with Gasteiger partial charge in [0, 0.05) is 23.7 Å². The van der Waals surface area contributed by atoms with Crippen molar-refractivity contribution in [1.82, 2.24) is 4.57 Å². The fraction of sp³-hybridized carbons (Fsp3) is 0.167. The minimum atomic E-state index is -0.532. The van der Waals surface area contributed by atoms with Crippen LogP contribution in [0.25, 0.3) is 10.9 Å². The summed E-state index contributed by atoms with van der Waals surface area (Å²) < 4.78 is 1.99. The minimum absolute atomic E-state index is 0.0469. The zero-order valence-electron chi connectivity index (χ0n) is 7.97. The Morgan fingerprint density at radius 1 is 1.40 bits per heavy atom. The number of carbonyl (C=O) groups excluding carboxylic acids is 1. The molecule has 0 radical (unpaired) electrons. The van der Waals surface area contributed by atoms with Crippen molar-refractivity contribution in [3.8, 4) is 6.07 Å². The summed E-state index contributed by atoms with van der Waals surface area (Å²) in [6.45, 7) is 0.482. The molecule has 1 aromatic heterocycles. The molecule has 3 heteroatoms. The molecule has 1 aliphatic heterocycles. The second kappa shape index (κ2) is 2.71. The molecule has 3 nitrogen and oxygen atoms in total. The average molecular weight is 196 g/mol. The molecule has 0 N–H and O–H groups in total. The Bertz CT molecular complexity index is 604. The number of Topliss-reactive ketones (excluding diaryl/α,β-unsaturated/α-hetero) is 1. The molecule has 0 amide bonds. The Kier molecular flexibility index (Phi) is 1.49. The number of nitrogens with zero attached hydrogens (tertiary/aromatic N) is 2. The van der Waals surface area contributed by atoms with E-state index in [9.17, 15) is 4.79 Å². The predicted molar refractivity (Wildman–Crippen MR) is 55.4 cm³/mol. The first-order valence-corrected chi connectivity index (χ1v) is 4.83. The summed E-state index contributed by atoms with van der Waals surface area (Å²) in [5, 5.41) is 9.96. The monoisotopic (exact) mass is 196 g/mol. The fourth-order valence-electron chi connectivity index (χ4n) is 2.18. The van der Waals surface area contributed by atoms with Crippen LogP contribution in [0.5, 0.6) is 0 Å². The van der Waals surface area contributed by atoms with Gasteiger partial charge >= 0.3 is 0 Å². The molecule has 1 aliphatic rings. The molecule has 1 atom stereocenters. The smallest absolute Gasteiger partial charge is 0.183 e. The van der Waals surface area contributed by atoms with Gasteiger partial charge in [0.1, 0.15) is 5.92 Å². The highest BCUT2D eigenvalue weighted by molar-refractivity contribution is 6.10. The largest absolute Gasteiger partial charge is 0.345 e. The molecule has 72 valence electrons. The number of para-hydroxylation sites is 1. The second-order valence-corrected chi connectivity index (χ2v) is 3.76. The van der Waals surface area contributed by atoms with E-state index in [0.29, 0.717) is 12.1 Å². The molecule has 1 unspecified atom stereocenters. The van der Waals surface area contributed by atoms with Crippen LogP contribution >= 0.6 is 0 Å². The molecule has 15 heavy (non-hydrogen) atoms. The van der Waals surface area contributed by atoms with Crippen molar-refractivity contribution in [2.24, 2.45) is 5.92 Å². The molecule has 0 aliphatic carbocycles. The van der Waals surface area contributed by atoms with Gasteiger partial charge < -0.3 is 4.57 Å². The standard InChI is InChI=1S/C12H8N2O/c13-6-9-7-14-5-4-8-2-1-3-10(11(8)14)12(9)15/h1-5,9H,7H2. The molecule has 2 aromatic rings. The lowest BCUT2D eigenvalue weighted by molar-refractivity contribution is 0.0934. The zero-order chi connectivity index (χ0) is 10.4. The van der Waals surface area contributed by atoms with Crippen molar-refractivity contribution in [3.05, 3.63) is 36.0 Å². The third kappa shape index (κ3) is 0.962. The van der Waals surface area contributed by atoms with Crippen LogP contribution in [0.3, 0.4) is 0 Å². The number of rotatable bonds is 0. The van der Waals surface area contributed by atoms with Gasteiger partial charge in [0.25, 0.3) is 0 Å². The first-order chi connectivity index (χ1) is 7.31. The van der Waals surface area contributed by atoms with Gasteiger partial charge in [-0.25, -0.2) is 0 Å². The minimum Gasteiger partial charge on any atom is -0.345 e. The molecule has 3 rings (SSSR count). The van der Waals surface area contributed by atoms with E-state index < -0.39 is 5.92 Å². The highest BCUT2D eigenvalue weighted by atomic mass is 16.1. The van der Waals surface area contributed by atoms with Crippen LogP contribution in [0.4, 0.5) is 0 Å². The topological polar surface area (TPSA) is 45.8 Å². The molecule has 0 fully saturated rings. The summed E-state index contributed by atoms with van der Waals surface area (Å²) in [6.07, 6.45) is 1.94. The Labute approximate surface area is 86.5 Å². The third-order valence-corrected chi connectivity index (χ3v) is 2.91. The first kappa shape index (κ1) is 8.25. The van der Waals surface area contributed by atoms with Crippen LogP contribution in [-0.4, -0.2) is 10.4 Å². The quantitative estimate of drug-likeness (QED) is 0.646. The van der Waals surface area contributed by atoms with Crippen molar-refractivity contribution < 1.29 is 4.79 Å². The van der Waals surface area contributed by atoms with Crippen LogP contribution in [0.15, 0.2) is 30.5 Å². The second-order valence-electron chi connectivity index (χ2n) is 3.76. The maximum absolute atomic E-state index is 11.9. The number of nitriles is 1. The van der Waals surface area contributed by atoms with E-state index in [-0.39, 0.29) is 5.78 Å². The van der Waals surface area contributed by atoms with E-state index in [0.717, 1.165) is 10.9 Å². The predicted octanol–water partition coefficient (Wildman–Crippen LogP) is 1.98. The van der Waals surface area contributed by atoms with Crippen LogP contribution in [0.2, 0.25) is 0 Å². The molecule has 0 spiro atoms. The van der Waals surface area contributed by atoms with Crippen molar-refractivity contribution in [2.45, 2.75) is 6.54 Å². The van der Waals surface area contributed by atoms with Crippen molar-refractivity contribution in [2.75, 3.05) is 0 Å². The highest BCUT2D eigenvalue weighted by Gasteiger charge is 2.27. The van der Waals surface area contributed by atoms with Gasteiger partial charge in [0.05, 0.1) is 11.6 Å². The average Bonchev–Trinajstić information content (AvgIpc) is 2.68. The molecule has 0 saturated carbocycles. The number of hydrogen-bond acceptors (Lipinski definition) is 2. The number of carbonyl (C=O) groups is 1. The molecule has 1 aromatic carbocycles. The molecule has 0 saturated heterocycles. The van der Waals surface area contributed by atoms with E-state index in [1.807, 2.05) is 29.0 Å². The van der Waals surface area contributed by atoms with Gasteiger partial charge in [-0.2, -0.15) is 5.26 Å². The van der Waals surface area contributed by atoms with Crippen molar-refractivity contribution in [3.63, 3.8) is 0 Å². The number of aromatic nitrogens is 1. The van der Waals surface area contributed by atoms with Gasteiger partial charge in [-0.3, -0.25) is 4.79 Å². The maximum Gasteiger partial charge on any atom is 0.183 e. The summed E-state index contributed by atoms with van der Waals surface area (Å²) in [7, 11) is 0. The van der Waals surface area contributed by atoms with E-state index >= 15 is 0 Å². The van der Waals surface area contributed by atoms with Crippen molar-refractivity contribution in [1.29, 1.82) is 5.26 Å². The van der Waals surface area contributed by atoms with Gasteiger partial charge in [0.15, 0.2) is 5.78 Å². The number of hydrogen-bond donors (Lipinski definition) is 0. The van der Waals surface area contributed by atoms with Crippen LogP contribution in [-0.2, 0) is 6.54 Å². The Morgan fingerprint density at radius 3 is 3.07 bits per heavy atom. The maximum atomic E-state index is 11.9. The molecule has 0 bridgehead atoms. The first-order valence-electron chi connectivity index (χ1n) is 4.83. The lowest BCUT2D eigenvalue weighted by atomic mass is 9.94. The van der Waals surface area contributed by atoms with Gasteiger partial charge in [-0.15, -0.1) is 0 Å². The van der Waals surface area contributed by atoms with E-state index in [1.165, 1.54) is 0 Å². The third-order valence-electron chi connectivity index (χ3n) is 2.91. The van der Waals surface area contributed by atoms with Gasteiger partial charge in [-0.05, 0) is 12.1 Å². The Balaban J connectivity index is 2.38. The fourth-order valence-corrected chi connectivity index (χ4v) is 2.18. The van der Waals surface area contributed by atoms with Crippen LogP contribution in [0, 0.1) is 17.2 Å². The van der Waals surface area contributed by atoms with E-state index in [2.05, 4.69) is 6.07 Å². The summed E-state index contributed by atoms with van der Waals surface area (Å²) in [6, 6.07) is 9.67. The normalized spacial score (nSPS) is 19.1. The molecular weight excluding hydrogens is 188 g/mol. The van der Waals surface area contributed by atoms with Crippen LogP contribution < -0.4 is 0 Å². The molecule has 2 heterocycles. The zero-order valence-corrected chi connectivity index (χ0v) is 7.97. The van der Waals surface area contributed by atoms with Gasteiger partial charge in [0.2, 0.25) is 0 Å². The van der Waals surface area contributed by atoms with E-state index in [4.69, 9.17) is 5.26 Å². The van der Waals surface area contributed by atoms with Gasteiger partial charge in [-0.1, -0.05) is 12.1 Å². The molecular formula is C12H8N2O. The number of ketones is 1. The lowest BCUT2D eigenvalue weighted by Gasteiger charge is -2.18. The SMILES string of the molecule is N#CC1Cn2ccc3cccc(c32)C1=O.